The number of hydrogen-bond acceptors (Lipinski definition) is 4. The molecule has 1 saturated heterocycles. The molecule has 86 valence electrons. The van der Waals surface area contributed by atoms with Gasteiger partial charge in [-0.25, -0.2) is 0 Å². The first-order valence-corrected chi connectivity index (χ1v) is 5.20. The molecule has 1 fully saturated rings. The molecule has 0 spiro atoms. The lowest BCUT2D eigenvalue weighted by Gasteiger charge is -2.33. The van der Waals surface area contributed by atoms with E-state index in [4.69, 9.17) is 9.84 Å². The van der Waals surface area contributed by atoms with Crippen LogP contribution >= 0.6 is 0 Å². The van der Waals surface area contributed by atoms with Gasteiger partial charge in [0.05, 0.1) is 18.4 Å². The van der Waals surface area contributed by atoms with Crippen LogP contribution in [0.2, 0.25) is 0 Å². The van der Waals surface area contributed by atoms with Crippen molar-refractivity contribution in [3.8, 4) is 0 Å². The summed E-state index contributed by atoms with van der Waals surface area (Å²) < 4.78 is 4.94. The van der Waals surface area contributed by atoms with Crippen LogP contribution in [0.4, 0.5) is 0 Å². The van der Waals surface area contributed by atoms with Gasteiger partial charge in [0.2, 0.25) is 0 Å². The van der Waals surface area contributed by atoms with Crippen LogP contribution in [0.5, 0.6) is 0 Å². The maximum absolute atomic E-state index is 11.7. The first kappa shape index (κ1) is 12.0. The van der Waals surface area contributed by atoms with Gasteiger partial charge in [-0.2, -0.15) is 0 Å². The number of hydrogen-bond donors (Lipinski definition) is 2. The van der Waals surface area contributed by atoms with Crippen LogP contribution in [0.1, 0.15) is 26.2 Å². The molecule has 0 bridgehead atoms. The number of carbonyl (C=O) groups excluding carboxylic acids is 1. The number of aliphatic carboxylic acids is 1. The molecule has 0 amide bonds. The van der Waals surface area contributed by atoms with E-state index in [2.05, 4.69) is 5.32 Å². The molecule has 1 rings (SSSR count). The summed E-state index contributed by atoms with van der Waals surface area (Å²) in [5, 5.41) is 11.9. The van der Waals surface area contributed by atoms with Crippen LogP contribution in [-0.2, 0) is 14.3 Å². The average Bonchev–Trinajstić information content (AvgIpc) is 2.18. The highest BCUT2D eigenvalue weighted by molar-refractivity contribution is 5.83. The van der Waals surface area contributed by atoms with E-state index in [1.54, 1.807) is 6.92 Å². The third kappa shape index (κ3) is 2.92. The quantitative estimate of drug-likeness (QED) is 0.664. The van der Waals surface area contributed by atoms with Gasteiger partial charge in [-0.15, -0.1) is 0 Å². The van der Waals surface area contributed by atoms with Crippen molar-refractivity contribution in [1.29, 1.82) is 0 Å². The van der Waals surface area contributed by atoms with Gasteiger partial charge >= 0.3 is 11.9 Å². The van der Waals surface area contributed by atoms with E-state index >= 15 is 0 Å². The lowest BCUT2D eigenvalue weighted by Crippen LogP contribution is -2.47. The Morgan fingerprint density at radius 1 is 1.53 bits per heavy atom. The van der Waals surface area contributed by atoms with E-state index in [1.807, 2.05) is 0 Å². The van der Waals surface area contributed by atoms with E-state index in [9.17, 15) is 9.59 Å². The number of carbonyl (C=O) groups is 2. The molecular weight excluding hydrogens is 198 g/mol. The average molecular weight is 215 g/mol. The molecule has 1 heterocycles. The maximum atomic E-state index is 11.7. The minimum Gasteiger partial charge on any atom is -0.481 e. The van der Waals surface area contributed by atoms with Crippen LogP contribution in [0.15, 0.2) is 0 Å². The van der Waals surface area contributed by atoms with Crippen LogP contribution < -0.4 is 5.32 Å². The molecule has 5 nitrogen and oxygen atoms in total. The summed E-state index contributed by atoms with van der Waals surface area (Å²) in [5.41, 5.74) is -0.861. The first-order valence-electron chi connectivity index (χ1n) is 5.20. The molecule has 0 radical (unpaired) electrons. The fraction of sp³-hybridized carbons (Fsp3) is 0.800. The number of esters is 1. The van der Waals surface area contributed by atoms with Gasteiger partial charge in [-0.1, -0.05) is 0 Å². The molecule has 5 heteroatoms. The van der Waals surface area contributed by atoms with Crippen LogP contribution in [0, 0.1) is 5.41 Å². The Labute approximate surface area is 88.8 Å². The molecule has 0 saturated carbocycles. The molecule has 0 aromatic carbocycles. The summed E-state index contributed by atoms with van der Waals surface area (Å²) in [4.78, 5) is 22.5. The van der Waals surface area contributed by atoms with Gasteiger partial charge in [0.25, 0.3) is 0 Å². The minimum atomic E-state index is -0.952. The zero-order valence-corrected chi connectivity index (χ0v) is 8.91. The van der Waals surface area contributed by atoms with Crippen molar-refractivity contribution in [3.63, 3.8) is 0 Å². The minimum absolute atomic E-state index is 0.154. The number of nitrogens with one attached hydrogen (secondary N) is 1. The van der Waals surface area contributed by atoms with Crippen LogP contribution in [0.25, 0.3) is 0 Å². The Balaban J connectivity index is 2.74. The summed E-state index contributed by atoms with van der Waals surface area (Å²) in [6, 6.07) is 0. The SMILES string of the molecule is CCOC(=O)C1(CC(=O)O)CCCNC1. The molecule has 1 aliphatic heterocycles. The van der Waals surface area contributed by atoms with Crippen molar-refractivity contribution >= 4 is 11.9 Å². The van der Waals surface area contributed by atoms with Gasteiger partial charge in [-0.3, -0.25) is 9.59 Å². The van der Waals surface area contributed by atoms with Crippen molar-refractivity contribution in [2.75, 3.05) is 19.7 Å². The predicted molar refractivity (Wildman–Crippen MR) is 53.4 cm³/mol. The standard InChI is InChI=1S/C10H17NO4/c1-2-15-9(14)10(6-8(12)13)4-3-5-11-7-10/h11H,2-7H2,1H3,(H,12,13). The lowest BCUT2D eigenvalue weighted by atomic mass is 9.78. The summed E-state index contributed by atoms with van der Waals surface area (Å²) >= 11 is 0. The van der Waals surface area contributed by atoms with Crippen LogP contribution in [0.3, 0.4) is 0 Å². The summed E-state index contributed by atoms with van der Waals surface area (Å²) in [7, 11) is 0. The monoisotopic (exact) mass is 215 g/mol. The third-order valence-corrected chi connectivity index (χ3v) is 2.67. The van der Waals surface area contributed by atoms with Gasteiger partial charge in [0, 0.05) is 6.54 Å². The summed E-state index contributed by atoms with van der Waals surface area (Å²) in [6.07, 6.45) is 1.25. The normalized spacial score (nSPS) is 25.9. The third-order valence-electron chi connectivity index (χ3n) is 2.67. The highest BCUT2D eigenvalue weighted by Gasteiger charge is 2.42. The van der Waals surface area contributed by atoms with Crippen molar-refractivity contribution in [2.24, 2.45) is 5.41 Å². The molecular formula is C10H17NO4. The van der Waals surface area contributed by atoms with E-state index in [1.165, 1.54) is 0 Å². The fourth-order valence-electron chi connectivity index (χ4n) is 1.94. The van der Waals surface area contributed by atoms with Crippen LogP contribution in [-0.4, -0.2) is 36.7 Å². The zero-order valence-electron chi connectivity index (χ0n) is 8.91. The van der Waals surface area contributed by atoms with Crippen molar-refractivity contribution in [2.45, 2.75) is 26.2 Å². The van der Waals surface area contributed by atoms with E-state index in [0.29, 0.717) is 19.6 Å². The van der Waals surface area contributed by atoms with Crippen molar-refractivity contribution < 1.29 is 19.4 Å². The second-order valence-electron chi connectivity index (χ2n) is 3.85. The second-order valence-corrected chi connectivity index (χ2v) is 3.85. The Morgan fingerprint density at radius 3 is 2.73 bits per heavy atom. The molecule has 0 aromatic rings. The summed E-state index contributed by atoms with van der Waals surface area (Å²) in [5.74, 6) is -1.34. The van der Waals surface area contributed by atoms with E-state index in [-0.39, 0.29) is 12.4 Å². The molecule has 1 atom stereocenters. The van der Waals surface area contributed by atoms with Gasteiger partial charge in [0.15, 0.2) is 0 Å². The smallest absolute Gasteiger partial charge is 0.313 e. The van der Waals surface area contributed by atoms with E-state index < -0.39 is 11.4 Å². The predicted octanol–water partition coefficient (Wildman–Crippen LogP) is 0.394. The Kier molecular flexibility index (Phi) is 4.08. The number of carboxylic acid groups (broad SMARTS) is 1. The Morgan fingerprint density at radius 2 is 2.27 bits per heavy atom. The maximum Gasteiger partial charge on any atom is 0.313 e. The Hall–Kier alpha value is -1.10. The number of ether oxygens (including phenoxy) is 1. The number of piperidine rings is 1. The van der Waals surface area contributed by atoms with E-state index in [0.717, 1.165) is 13.0 Å². The van der Waals surface area contributed by atoms with Gasteiger partial charge in [0.1, 0.15) is 0 Å². The molecule has 15 heavy (non-hydrogen) atoms. The van der Waals surface area contributed by atoms with Gasteiger partial charge < -0.3 is 15.2 Å². The Bertz CT molecular complexity index is 246. The molecule has 2 N–H and O–H groups in total. The van der Waals surface area contributed by atoms with Gasteiger partial charge in [-0.05, 0) is 26.3 Å². The zero-order chi connectivity index (χ0) is 11.3. The lowest BCUT2D eigenvalue weighted by molar-refractivity contribution is -0.162. The van der Waals surface area contributed by atoms with Crippen molar-refractivity contribution in [3.05, 3.63) is 0 Å². The highest BCUT2D eigenvalue weighted by Crippen LogP contribution is 2.31. The molecule has 1 unspecified atom stereocenters. The van der Waals surface area contributed by atoms with Crippen molar-refractivity contribution in [1.82, 2.24) is 5.32 Å². The fourth-order valence-corrected chi connectivity index (χ4v) is 1.94. The molecule has 0 aliphatic carbocycles. The largest absolute Gasteiger partial charge is 0.481 e. The highest BCUT2D eigenvalue weighted by atomic mass is 16.5. The number of rotatable bonds is 4. The molecule has 0 aromatic heterocycles. The molecule has 1 aliphatic rings. The second kappa shape index (κ2) is 5.11. The summed E-state index contributed by atoms with van der Waals surface area (Å²) in [6.45, 7) is 3.25. The number of carboxylic acids is 1. The topological polar surface area (TPSA) is 75.6 Å². The first-order chi connectivity index (χ1) is 7.10.